The van der Waals surface area contributed by atoms with Gasteiger partial charge in [0.25, 0.3) is 0 Å². The van der Waals surface area contributed by atoms with Gasteiger partial charge in [0.2, 0.25) is 10.0 Å². The number of Topliss-reactive ketones (excluding diaryl/α,β-unsaturated/α-hetero) is 1. The lowest BCUT2D eigenvalue weighted by molar-refractivity contribution is 0.101. The summed E-state index contributed by atoms with van der Waals surface area (Å²) in [5.74, 6) is -0.0971. The second kappa shape index (κ2) is 6.73. The molecule has 0 saturated carbocycles. The standard InChI is InChI=1S/C16H16BrNO3S/c1-11(13-3-7-15(17)8-4-13)18-22(20,21)16-9-5-14(6-10-16)12(2)19/h3-11,18H,1-2H3/t11-/m0/s1. The zero-order valence-electron chi connectivity index (χ0n) is 12.2. The molecular formula is C16H16BrNO3S. The van der Waals surface area contributed by atoms with Crippen LogP contribution in [-0.4, -0.2) is 14.2 Å². The Morgan fingerprint density at radius 3 is 2.09 bits per heavy atom. The summed E-state index contributed by atoms with van der Waals surface area (Å²) in [5.41, 5.74) is 1.35. The van der Waals surface area contributed by atoms with Crippen LogP contribution in [0.4, 0.5) is 0 Å². The first-order valence-corrected chi connectivity index (χ1v) is 8.96. The van der Waals surface area contributed by atoms with Crippen LogP contribution < -0.4 is 4.72 Å². The molecule has 6 heteroatoms. The molecule has 0 spiro atoms. The normalized spacial score (nSPS) is 12.9. The number of carbonyl (C=O) groups excluding carboxylic acids is 1. The van der Waals surface area contributed by atoms with Gasteiger partial charge in [-0.05, 0) is 43.7 Å². The van der Waals surface area contributed by atoms with Crippen LogP contribution in [-0.2, 0) is 10.0 Å². The van der Waals surface area contributed by atoms with Gasteiger partial charge in [-0.15, -0.1) is 0 Å². The number of carbonyl (C=O) groups is 1. The Balaban J connectivity index is 2.19. The van der Waals surface area contributed by atoms with E-state index in [9.17, 15) is 13.2 Å². The van der Waals surface area contributed by atoms with Crippen molar-refractivity contribution in [1.82, 2.24) is 4.72 Å². The van der Waals surface area contributed by atoms with E-state index in [1.807, 2.05) is 24.3 Å². The molecule has 0 aromatic heterocycles. The van der Waals surface area contributed by atoms with Gasteiger partial charge in [0, 0.05) is 16.1 Å². The molecule has 0 saturated heterocycles. The topological polar surface area (TPSA) is 63.2 Å². The zero-order chi connectivity index (χ0) is 16.3. The maximum Gasteiger partial charge on any atom is 0.241 e. The van der Waals surface area contributed by atoms with Crippen LogP contribution in [0.25, 0.3) is 0 Å². The van der Waals surface area contributed by atoms with E-state index in [0.717, 1.165) is 10.0 Å². The molecule has 2 rings (SSSR count). The van der Waals surface area contributed by atoms with Crippen molar-refractivity contribution in [3.8, 4) is 0 Å². The maximum absolute atomic E-state index is 12.4. The Morgan fingerprint density at radius 1 is 1.05 bits per heavy atom. The van der Waals surface area contributed by atoms with Gasteiger partial charge in [0.15, 0.2) is 5.78 Å². The molecule has 0 fully saturated rings. The molecule has 0 aliphatic rings. The van der Waals surface area contributed by atoms with Crippen LogP contribution in [0.15, 0.2) is 57.9 Å². The van der Waals surface area contributed by atoms with Gasteiger partial charge in [0.1, 0.15) is 0 Å². The first-order valence-electron chi connectivity index (χ1n) is 6.68. The number of benzene rings is 2. The van der Waals surface area contributed by atoms with Crippen LogP contribution in [0.3, 0.4) is 0 Å². The minimum absolute atomic E-state index is 0.0971. The zero-order valence-corrected chi connectivity index (χ0v) is 14.6. The molecule has 4 nitrogen and oxygen atoms in total. The van der Waals surface area contributed by atoms with Crippen LogP contribution >= 0.6 is 15.9 Å². The van der Waals surface area contributed by atoms with Gasteiger partial charge in [-0.1, -0.05) is 40.2 Å². The molecular weight excluding hydrogens is 366 g/mol. The molecule has 0 radical (unpaired) electrons. The molecule has 0 aliphatic heterocycles. The van der Waals surface area contributed by atoms with E-state index in [-0.39, 0.29) is 16.7 Å². The fourth-order valence-corrected chi connectivity index (χ4v) is 3.49. The Kier molecular flexibility index (Phi) is 5.16. The molecule has 2 aromatic rings. The first-order chi connectivity index (χ1) is 10.3. The Labute approximate surface area is 138 Å². The molecule has 0 amide bonds. The molecule has 0 heterocycles. The van der Waals surface area contributed by atoms with E-state index in [4.69, 9.17) is 0 Å². The lowest BCUT2D eigenvalue weighted by Gasteiger charge is -2.15. The summed E-state index contributed by atoms with van der Waals surface area (Å²) in [4.78, 5) is 11.4. The second-order valence-electron chi connectivity index (χ2n) is 4.98. The first kappa shape index (κ1) is 16.9. The molecule has 0 bridgehead atoms. The second-order valence-corrected chi connectivity index (χ2v) is 7.60. The third kappa shape index (κ3) is 4.03. The molecule has 0 aliphatic carbocycles. The summed E-state index contributed by atoms with van der Waals surface area (Å²) in [6.07, 6.45) is 0. The van der Waals surface area contributed by atoms with Gasteiger partial charge >= 0.3 is 0 Å². The van der Waals surface area contributed by atoms with Gasteiger partial charge in [0.05, 0.1) is 4.90 Å². The number of nitrogens with one attached hydrogen (secondary N) is 1. The Bertz CT molecular complexity index is 768. The van der Waals surface area contributed by atoms with E-state index < -0.39 is 10.0 Å². The van der Waals surface area contributed by atoms with E-state index in [1.165, 1.54) is 31.2 Å². The van der Waals surface area contributed by atoms with Crippen molar-refractivity contribution in [3.63, 3.8) is 0 Å². The van der Waals surface area contributed by atoms with E-state index >= 15 is 0 Å². The van der Waals surface area contributed by atoms with Gasteiger partial charge in [-0.2, -0.15) is 0 Å². The fraction of sp³-hybridized carbons (Fsp3) is 0.188. The lowest BCUT2D eigenvalue weighted by Crippen LogP contribution is -2.26. The predicted molar refractivity (Wildman–Crippen MR) is 89.3 cm³/mol. The number of halogens is 1. The van der Waals surface area contributed by atoms with E-state index in [1.54, 1.807) is 6.92 Å². The third-order valence-electron chi connectivity index (χ3n) is 3.27. The predicted octanol–water partition coefficient (Wildman–Crippen LogP) is 3.69. The lowest BCUT2D eigenvalue weighted by atomic mass is 10.1. The largest absolute Gasteiger partial charge is 0.295 e. The summed E-state index contributed by atoms with van der Waals surface area (Å²) < 4.78 is 28.3. The highest BCUT2D eigenvalue weighted by Gasteiger charge is 2.18. The van der Waals surface area contributed by atoms with Crippen LogP contribution in [0, 0.1) is 0 Å². The molecule has 1 N–H and O–H groups in total. The number of hydrogen-bond donors (Lipinski definition) is 1. The average Bonchev–Trinajstić information content (AvgIpc) is 2.47. The summed E-state index contributed by atoms with van der Waals surface area (Å²) in [5, 5.41) is 0. The summed E-state index contributed by atoms with van der Waals surface area (Å²) in [6.45, 7) is 3.22. The van der Waals surface area contributed by atoms with Crippen molar-refractivity contribution in [1.29, 1.82) is 0 Å². The van der Waals surface area contributed by atoms with Crippen molar-refractivity contribution in [2.45, 2.75) is 24.8 Å². The van der Waals surface area contributed by atoms with E-state index in [0.29, 0.717) is 5.56 Å². The molecule has 1 atom stereocenters. The third-order valence-corrected chi connectivity index (χ3v) is 5.36. The van der Waals surface area contributed by atoms with Crippen LogP contribution in [0.1, 0.15) is 35.8 Å². The van der Waals surface area contributed by atoms with Crippen molar-refractivity contribution >= 4 is 31.7 Å². The van der Waals surface area contributed by atoms with Crippen molar-refractivity contribution in [2.75, 3.05) is 0 Å². The number of rotatable bonds is 5. The number of hydrogen-bond acceptors (Lipinski definition) is 3. The monoisotopic (exact) mass is 381 g/mol. The minimum atomic E-state index is -3.63. The van der Waals surface area contributed by atoms with Crippen molar-refractivity contribution in [3.05, 3.63) is 64.1 Å². The van der Waals surface area contributed by atoms with E-state index in [2.05, 4.69) is 20.7 Å². The highest BCUT2D eigenvalue weighted by Crippen LogP contribution is 2.19. The van der Waals surface area contributed by atoms with Crippen LogP contribution in [0.2, 0.25) is 0 Å². The Morgan fingerprint density at radius 2 is 1.59 bits per heavy atom. The molecule has 2 aromatic carbocycles. The fourth-order valence-electron chi connectivity index (χ4n) is 1.99. The number of sulfonamides is 1. The summed E-state index contributed by atoms with van der Waals surface area (Å²) in [7, 11) is -3.63. The molecule has 0 unspecified atom stereocenters. The maximum atomic E-state index is 12.4. The average molecular weight is 382 g/mol. The molecule has 116 valence electrons. The number of ketones is 1. The quantitative estimate of drug-likeness (QED) is 0.803. The van der Waals surface area contributed by atoms with Crippen molar-refractivity contribution in [2.24, 2.45) is 0 Å². The van der Waals surface area contributed by atoms with Gasteiger partial charge in [-0.3, -0.25) is 4.79 Å². The summed E-state index contributed by atoms with van der Waals surface area (Å²) >= 11 is 3.34. The molecule has 22 heavy (non-hydrogen) atoms. The smallest absolute Gasteiger partial charge is 0.241 e. The summed E-state index contributed by atoms with van der Waals surface area (Å²) in [6, 6.07) is 13.0. The Hall–Kier alpha value is -1.50. The van der Waals surface area contributed by atoms with Gasteiger partial charge < -0.3 is 0 Å². The van der Waals surface area contributed by atoms with Crippen molar-refractivity contribution < 1.29 is 13.2 Å². The highest BCUT2D eigenvalue weighted by atomic mass is 79.9. The van der Waals surface area contributed by atoms with Crippen LogP contribution in [0.5, 0.6) is 0 Å². The van der Waals surface area contributed by atoms with Gasteiger partial charge in [-0.25, -0.2) is 13.1 Å². The minimum Gasteiger partial charge on any atom is -0.295 e. The SMILES string of the molecule is CC(=O)c1ccc(S(=O)(=O)N[C@@H](C)c2ccc(Br)cc2)cc1. The highest BCUT2D eigenvalue weighted by molar-refractivity contribution is 9.10.